The van der Waals surface area contributed by atoms with E-state index in [0.29, 0.717) is 18.3 Å². The number of H-pyrrole nitrogens is 1. The van der Waals surface area contributed by atoms with E-state index in [1.807, 2.05) is 36.5 Å². The third-order valence-electron chi connectivity index (χ3n) is 9.47. The van der Waals surface area contributed by atoms with Crippen LogP contribution in [0.2, 0.25) is 0 Å². The second-order valence-corrected chi connectivity index (χ2v) is 14.3. The number of aromatic amines is 1. The van der Waals surface area contributed by atoms with Gasteiger partial charge in [0, 0.05) is 47.7 Å². The molecule has 2 aliphatic heterocycles. The van der Waals surface area contributed by atoms with Crippen LogP contribution in [0.15, 0.2) is 71.7 Å². The van der Waals surface area contributed by atoms with E-state index in [9.17, 15) is 4.79 Å². The Balaban J connectivity index is 1.16. The van der Waals surface area contributed by atoms with Gasteiger partial charge >= 0.3 is 5.69 Å². The third kappa shape index (κ3) is 8.71. The van der Waals surface area contributed by atoms with Crippen LogP contribution in [0.25, 0.3) is 16.7 Å². The number of hydrogen-bond acceptors (Lipinski definition) is 8. The number of benzene rings is 2. The summed E-state index contributed by atoms with van der Waals surface area (Å²) in [5.41, 5.74) is 16.1. The van der Waals surface area contributed by atoms with Gasteiger partial charge in [0.25, 0.3) is 0 Å². The highest BCUT2D eigenvalue weighted by atomic mass is 32.2. The summed E-state index contributed by atoms with van der Waals surface area (Å²) < 4.78 is 8.03. The second-order valence-electron chi connectivity index (χ2n) is 13.1. The fourth-order valence-electron chi connectivity index (χ4n) is 7.03. The number of amidine groups is 1. The maximum absolute atomic E-state index is 13.2. The number of nitrogens with zero attached hydrogens (tertiary/aromatic N) is 3. The van der Waals surface area contributed by atoms with Gasteiger partial charge < -0.3 is 26.5 Å². The number of nitrogens with one attached hydrogen (secondary N) is 3. The average molecular weight is 657 g/mol. The number of aromatic nitrogens is 3. The van der Waals surface area contributed by atoms with Crippen molar-refractivity contribution >= 4 is 28.0 Å². The lowest BCUT2D eigenvalue weighted by atomic mass is 9.92. The third-order valence-corrected chi connectivity index (χ3v) is 10.2. The van der Waals surface area contributed by atoms with E-state index in [4.69, 9.17) is 21.6 Å². The van der Waals surface area contributed by atoms with Crippen LogP contribution >= 0.6 is 11.8 Å². The molecule has 0 amide bonds. The van der Waals surface area contributed by atoms with Crippen LogP contribution in [0.1, 0.15) is 80.8 Å². The largest absolute Gasteiger partial charge is 0.379 e. The molecule has 0 bridgehead atoms. The molecule has 0 saturated carbocycles. The molecule has 0 spiro atoms. The van der Waals surface area contributed by atoms with Gasteiger partial charge in [-0.3, -0.25) is 14.9 Å². The maximum atomic E-state index is 13.2. The summed E-state index contributed by atoms with van der Waals surface area (Å²) in [5.74, 6) is 0.854. The average Bonchev–Trinajstić information content (AvgIpc) is 3.67. The number of piperidine rings is 1. The molecule has 0 aliphatic carbocycles. The van der Waals surface area contributed by atoms with Crippen molar-refractivity contribution in [2.75, 3.05) is 18.8 Å². The van der Waals surface area contributed by atoms with Gasteiger partial charge in [0.05, 0.1) is 24.4 Å². The van der Waals surface area contributed by atoms with Crippen molar-refractivity contribution in [3.05, 3.63) is 94.2 Å². The maximum Gasteiger partial charge on any atom is 0.354 e. The predicted molar refractivity (Wildman–Crippen MR) is 191 cm³/mol. The molecule has 250 valence electrons. The van der Waals surface area contributed by atoms with E-state index in [0.717, 1.165) is 80.6 Å². The molecule has 2 aromatic carbocycles. The lowest BCUT2D eigenvalue weighted by molar-refractivity contribution is 0.0465. The minimum Gasteiger partial charge on any atom is -0.379 e. The number of fused-ring (bicyclic) bond motifs is 1. The first-order valence-corrected chi connectivity index (χ1v) is 17.9. The number of hydrogen-bond donors (Lipinski definition) is 5. The van der Waals surface area contributed by atoms with Crippen molar-refractivity contribution in [2.45, 2.75) is 88.7 Å². The highest BCUT2D eigenvalue weighted by Gasteiger charge is 2.34. The van der Waals surface area contributed by atoms with Crippen LogP contribution in [-0.2, 0) is 11.3 Å². The van der Waals surface area contributed by atoms with E-state index in [-0.39, 0.29) is 35.1 Å². The second kappa shape index (κ2) is 15.6. The molecule has 4 heterocycles. The molecule has 10 nitrogen and oxygen atoms in total. The Labute approximate surface area is 281 Å². The number of nitrogens with two attached hydrogens (primary N) is 2. The molecule has 2 aromatic heterocycles. The quantitative estimate of drug-likeness (QED) is 0.0952. The summed E-state index contributed by atoms with van der Waals surface area (Å²) in [6.07, 6.45) is 9.26. The Kier molecular flexibility index (Phi) is 11.1. The van der Waals surface area contributed by atoms with E-state index in [1.54, 1.807) is 4.57 Å². The Morgan fingerprint density at radius 1 is 1.17 bits per heavy atom. The number of ether oxygens (including phenoxy) is 1. The first kappa shape index (κ1) is 33.4. The van der Waals surface area contributed by atoms with Gasteiger partial charge in [0.15, 0.2) is 5.17 Å². The van der Waals surface area contributed by atoms with E-state index >= 15 is 0 Å². The molecule has 2 aliphatic rings. The molecule has 6 rings (SSSR count). The Morgan fingerprint density at radius 3 is 2.74 bits per heavy atom. The highest BCUT2D eigenvalue weighted by Crippen LogP contribution is 2.35. The Morgan fingerprint density at radius 2 is 1.98 bits per heavy atom. The first-order chi connectivity index (χ1) is 22.8. The van der Waals surface area contributed by atoms with E-state index in [2.05, 4.69) is 57.4 Å². The lowest BCUT2D eigenvalue weighted by Gasteiger charge is -2.31. The lowest BCUT2D eigenvalue weighted by Crippen LogP contribution is -2.37. The summed E-state index contributed by atoms with van der Waals surface area (Å²) in [6, 6.07) is 21.7. The van der Waals surface area contributed by atoms with Gasteiger partial charge in [0.2, 0.25) is 0 Å². The molecule has 2 saturated heterocycles. The highest BCUT2D eigenvalue weighted by molar-refractivity contribution is 8.13. The molecule has 7 N–H and O–H groups in total. The molecular weight excluding hydrogens is 609 g/mol. The zero-order chi connectivity index (χ0) is 32.8. The smallest absolute Gasteiger partial charge is 0.354 e. The van der Waals surface area contributed by atoms with Crippen LogP contribution in [0.5, 0.6) is 0 Å². The summed E-state index contributed by atoms with van der Waals surface area (Å²) in [4.78, 5) is 23.7. The topological polar surface area (TPSA) is 151 Å². The van der Waals surface area contributed by atoms with Crippen LogP contribution < -0.4 is 22.5 Å². The van der Waals surface area contributed by atoms with Crippen molar-refractivity contribution in [3.8, 4) is 5.69 Å². The van der Waals surface area contributed by atoms with Crippen molar-refractivity contribution in [1.29, 1.82) is 5.41 Å². The van der Waals surface area contributed by atoms with Crippen LogP contribution in [0.3, 0.4) is 0 Å². The SMILES string of the molecule is C[C@@H](N)CCCN1C[C@H](OCc2ccccc2)C[C@H]1c1cc2cn(-c3ccc([C@@H]4CCC[C@@H](CCSC(=N)N)N4)cc3)c(=O)nc2[nH]1. The summed E-state index contributed by atoms with van der Waals surface area (Å²) in [7, 11) is 0. The normalized spacial score (nSPS) is 22.5. The zero-order valence-electron chi connectivity index (χ0n) is 27.2. The van der Waals surface area contributed by atoms with Crippen molar-refractivity contribution < 1.29 is 4.74 Å². The van der Waals surface area contributed by atoms with Gasteiger partial charge in [-0.2, -0.15) is 4.98 Å². The molecule has 2 fully saturated rings. The summed E-state index contributed by atoms with van der Waals surface area (Å²) in [6.45, 7) is 4.44. The van der Waals surface area contributed by atoms with E-state index in [1.165, 1.54) is 22.9 Å². The Hall–Kier alpha value is -3.48. The number of thioether (sulfide) groups is 1. The molecule has 47 heavy (non-hydrogen) atoms. The van der Waals surface area contributed by atoms with E-state index < -0.39 is 0 Å². The van der Waals surface area contributed by atoms with Crippen molar-refractivity contribution in [2.24, 2.45) is 11.5 Å². The summed E-state index contributed by atoms with van der Waals surface area (Å²) in [5, 5.41) is 12.3. The van der Waals surface area contributed by atoms with Gasteiger partial charge in [-0.05, 0) is 81.3 Å². The van der Waals surface area contributed by atoms with Crippen molar-refractivity contribution in [3.63, 3.8) is 0 Å². The molecule has 0 radical (unpaired) electrons. The fourth-order valence-corrected chi connectivity index (χ4v) is 7.65. The van der Waals surface area contributed by atoms with Crippen LogP contribution in [-0.4, -0.2) is 61.6 Å². The summed E-state index contributed by atoms with van der Waals surface area (Å²) >= 11 is 1.41. The standard InChI is InChI=1S/C36H48N8O2S/c1-24(37)7-6-17-43-22-30(46-23-25-8-3-2-4-9-25)20-33(43)32-19-27-21-44(36(45)42-34(27)41-32)29-14-12-26(13-15-29)31-11-5-10-28(40-31)16-18-47-35(38)39/h2-4,8-9,12-15,19,21,24,28,30-31,33,40H,5-7,10-11,16-18,20,22-23,37H2,1H3,(H3,38,39)(H,41,42,45)/t24-,28+,30-,31+,33+/m1/s1. The van der Waals surface area contributed by atoms with Gasteiger partial charge in [0.1, 0.15) is 5.65 Å². The molecule has 11 heteroatoms. The minimum atomic E-state index is -0.304. The number of likely N-dealkylation sites (tertiary alicyclic amines) is 1. The fraction of sp³-hybridized carbons (Fsp3) is 0.472. The molecule has 0 unspecified atom stereocenters. The monoisotopic (exact) mass is 656 g/mol. The molecule has 4 aromatic rings. The van der Waals surface area contributed by atoms with Crippen molar-refractivity contribution in [1.82, 2.24) is 24.8 Å². The van der Waals surface area contributed by atoms with Gasteiger partial charge in [-0.1, -0.05) is 60.6 Å². The zero-order valence-corrected chi connectivity index (χ0v) is 28.1. The molecular formula is C36H48N8O2S. The van der Waals surface area contributed by atoms with Crippen LogP contribution in [0, 0.1) is 5.41 Å². The van der Waals surface area contributed by atoms with Gasteiger partial charge in [-0.15, -0.1) is 0 Å². The van der Waals surface area contributed by atoms with Gasteiger partial charge in [-0.25, -0.2) is 4.79 Å². The van der Waals surface area contributed by atoms with Crippen LogP contribution in [0.4, 0.5) is 0 Å². The Bertz CT molecular complexity index is 1670. The minimum absolute atomic E-state index is 0.113. The molecule has 5 atom stereocenters. The first-order valence-electron chi connectivity index (χ1n) is 16.9. The predicted octanol–water partition coefficient (Wildman–Crippen LogP) is 5.37. The number of rotatable bonds is 13.